The predicted molar refractivity (Wildman–Crippen MR) is 83.6 cm³/mol. The predicted octanol–water partition coefficient (Wildman–Crippen LogP) is 2.16. The topological polar surface area (TPSA) is 66.0 Å². The van der Waals surface area contributed by atoms with E-state index in [1.807, 2.05) is 0 Å². The first-order chi connectivity index (χ1) is 10.2. The van der Waals surface area contributed by atoms with Crippen LogP contribution in [0.5, 0.6) is 5.75 Å². The molecule has 1 aliphatic heterocycles. The van der Waals surface area contributed by atoms with Gasteiger partial charge in [-0.15, -0.1) is 10.2 Å². The van der Waals surface area contributed by atoms with Gasteiger partial charge in [0.1, 0.15) is 17.7 Å². The molecule has 2 N–H and O–H groups in total. The number of thioether (sulfide) groups is 1. The minimum atomic E-state index is 0.204. The first-order valence-corrected chi connectivity index (χ1v) is 8.21. The summed E-state index contributed by atoms with van der Waals surface area (Å²) in [6, 6.07) is 6.37. The minimum absolute atomic E-state index is 0.204. The number of nitrogens with two attached hydrogens (primary N) is 1. The number of aryl methyl sites for hydroxylation is 1. The molecule has 0 bridgehead atoms. The quantitative estimate of drug-likeness (QED) is 0.858. The molecule has 5 nitrogen and oxygen atoms in total. The van der Waals surface area contributed by atoms with Gasteiger partial charge in [-0.05, 0) is 25.5 Å². The van der Waals surface area contributed by atoms with E-state index in [9.17, 15) is 0 Å². The molecule has 0 saturated carbocycles. The zero-order chi connectivity index (χ0) is 14.8. The van der Waals surface area contributed by atoms with E-state index in [1.165, 1.54) is 11.1 Å². The van der Waals surface area contributed by atoms with Crippen molar-refractivity contribution < 1.29 is 4.74 Å². The molecule has 0 radical (unpaired) electrons. The van der Waals surface area contributed by atoms with Crippen LogP contribution in [0.2, 0.25) is 0 Å². The van der Waals surface area contributed by atoms with Crippen LogP contribution in [0.1, 0.15) is 23.9 Å². The van der Waals surface area contributed by atoms with Gasteiger partial charge < -0.3 is 15.0 Å². The Balaban J connectivity index is 1.64. The number of fused-ring (bicyclic) bond motifs is 1. The van der Waals surface area contributed by atoms with E-state index in [0.717, 1.165) is 35.4 Å². The number of benzene rings is 1. The Kier molecular flexibility index (Phi) is 4.17. The molecular formula is C15H20N4OS. The summed E-state index contributed by atoms with van der Waals surface area (Å²) in [6.45, 7) is 5.45. The number of hydrogen-bond acceptors (Lipinski definition) is 5. The molecule has 6 heteroatoms. The molecule has 0 saturated heterocycles. The molecule has 21 heavy (non-hydrogen) atoms. The van der Waals surface area contributed by atoms with Crippen molar-refractivity contribution in [3.63, 3.8) is 0 Å². The van der Waals surface area contributed by atoms with Gasteiger partial charge >= 0.3 is 0 Å². The lowest BCUT2D eigenvalue weighted by molar-refractivity contribution is 0.259. The van der Waals surface area contributed by atoms with Gasteiger partial charge in [0, 0.05) is 18.7 Å². The normalized spacial score (nSPS) is 16.8. The summed E-state index contributed by atoms with van der Waals surface area (Å²) in [6.07, 6.45) is 1.17. The monoisotopic (exact) mass is 304 g/mol. The van der Waals surface area contributed by atoms with Crippen molar-refractivity contribution in [1.29, 1.82) is 0 Å². The van der Waals surface area contributed by atoms with Gasteiger partial charge in [-0.1, -0.05) is 29.5 Å². The smallest absolute Gasteiger partial charge is 0.191 e. The fourth-order valence-electron chi connectivity index (χ4n) is 2.60. The molecule has 2 heterocycles. The maximum absolute atomic E-state index is 5.99. The van der Waals surface area contributed by atoms with E-state index in [2.05, 4.69) is 46.8 Å². The van der Waals surface area contributed by atoms with Crippen LogP contribution in [0.4, 0.5) is 0 Å². The number of rotatable bonds is 5. The summed E-state index contributed by atoms with van der Waals surface area (Å²) in [5.41, 5.74) is 8.26. The second-order valence-corrected chi connectivity index (χ2v) is 6.20. The highest BCUT2D eigenvalue weighted by molar-refractivity contribution is 7.99. The van der Waals surface area contributed by atoms with Crippen molar-refractivity contribution in [2.45, 2.75) is 44.6 Å². The molecular weight excluding hydrogens is 284 g/mol. The van der Waals surface area contributed by atoms with Gasteiger partial charge in [-0.25, -0.2) is 0 Å². The van der Waals surface area contributed by atoms with Crippen molar-refractivity contribution in [2.24, 2.45) is 5.73 Å². The number of nitrogens with zero attached hydrogens (tertiary/aromatic N) is 3. The van der Waals surface area contributed by atoms with Crippen molar-refractivity contribution in [3.8, 4) is 5.75 Å². The Bertz CT molecular complexity index is 641. The SMILES string of the molecule is CCn1c(CN)nnc1SCC1Cc2cc(C)ccc2O1. The van der Waals surface area contributed by atoms with E-state index in [1.54, 1.807) is 11.8 Å². The molecule has 2 aromatic rings. The first-order valence-electron chi connectivity index (χ1n) is 7.22. The van der Waals surface area contributed by atoms with Gasteiger partial charge in [0.05, 0.1) is 6.54 Å². The third kappa shape index (κ3) is 2.91. The van der Waals surface area contributed by atoms with Crippen LogP contribution in [-0.4, -0.2) is 26.6 Å². The Hall–Kier alpha value is -1.53. The molecule has 1 aliphatic rings. The van der Waals surface area contributed by atoms with E-state index in [-0.39, 0.29) is 6.10 Å². The summed E-state index contributed by atoms with van der Waals surface area (Å²) in [7, 11) is 0. The average molecular weight is 304 g/mol. The second kappa shape index (κ2) is 6.07. The first kappa shape index (κ1) is 14.4. The molecule has 1 aromatic carbocycles. The summed E-state index contributed by atoms with van der Waals surface area (Å²) in [5.74, 6) is 2.73. The van der Waals surface area contributed by atoms with E-state index in [4.69, 9.17) is 10.5 Å². The summed E-state index contributed by atoms with van der Waals surface area (Å²) in [4.78, 5) is 0. The summed E-state index contributed by atoms with van der Waals surface area (Å²) in [5, 5.41) is 9.28. The Morgan fingerprint density at radius 1 is 1.43 bits per heavy atom. The minimum Gasteiger partial charge on any atom is -0.489 e. The summed E-state index contributed by atoms with van der Waals surface area (Å²) < 4.78 is 8.05. The molecule has 112 valence electrons. The molecule has 0 aliphatic carbocycles. The highest BCUT2D eigenvalue weighted by Gasteiger charge is 2.23. The Morgan fingerprint density at radius 3 is 3.05 bits per heavy atom. The van der Waals surface area contributed by atoms with Crippen LogP contribution < -0.4 is 10.5 Å². The van der Waals surface area contributed by atoms with Crippen molar-refractivity contribution in [2.75, 3.05) is 5.75 Å². The van der Waals surface area contributed by atoms with Crippen LogP contribution in [0.3, 0.4) is 0 Å². The van der Waals surface area contributed by atoms with Crippen molar-refractivity contribution >= 4 is 11.8 Å². The molecule has 1 aromatic heterocycles. The molecule has 3 rings (SSSR count). The highest BCUT2D eigenvalue weighted by Crippen LogP contribution is 2.31. The van der Waals surface area contributed by atoms with E-state index < -0.39 is 0 Å². The molecule has 0 spiro atoms. The third-order valence-electron chi connectivity index (χ3n) is 3.65. The Morgan fingerprint density at radius 2 is 2.29 bits per heavy atom. The maximum Gasteiger partial charge on any atom is 0.191 e. The second-order valence-electron chi connectivity index (χ2n) is 5.21. The van der Waals surface area contributed by atoms with E-state index >= 15 is 0 Å². The van der Waals surface area contributed by atoms with Crippen LogP contribution in [-0.2, 0) is 19.5 Å². The van der Waals surface area contributed by atoms with E-state index in [0.29, 0.717) is 6.54 Å². The maximum atomic E-state index is 5.99. The van der Waals surface area contributed by atoms with Gasteiger partial charge in [-0.3, -0.25) is 0 Å². The number of aromatic nitrogens is 3. The molecule has 1 atom stereocenters. The van der Waals surface area contributed by atoms with Crippen LogP contribution in [0.15, 0.2) is 23.4 Å². The zero-order valence-corrected chi connectivity index (χ0v) is 13.2. The standard InChI is InChI=1S/C15H20N4OS/c1-3-19-14(8-16)17-18-15(19)21-9-12-7-11-6-10(2)4-5-13(11)20-12/h4-6,12H,3,7-9,16H2,1-2H3. The van der Waals surface area contributed by atoms with Crippen LogP contribution >= 0.6 is 11.8 Å². The summed E-state index contributed by atoms with van der Waals surface area (Å²) >= 11 is 1.69. The number of hydrogen-bond donors (Lipinski definition) is 1. The molecule has 1 unspecified atom stereocenters. The Labute approximate surface area is 128 Å². The van der Waals surface area contributed by atoms with Gasteiger partial charge in [0.25, 0.3) is 0 Å². The zero-order valence-electron chi connectivity index (χ0n) is 12.4. The van der Waals surface area contributed by atoms with Crippen LogP contribution in [0.25, 0.3) is 0 Å². The average Bonchev–Trinajstić information content (AvgIpc) is 3.06. The largest absolute Gasteiger partial charge is 0.489 e. The fourth-order valence-corrected chi connectivity index (χ4v) is 3.61. The van der Waals surface area contributed by atoms with Crippen molar-refractivity contribution in [3.05, 3.63) is 35.2 Å². The van der Waals surface area contributed by atoms with Gasteiger partial charge in [0.2, 0.25) is 0 Å². The lowest BCUT2D eigenvalue weighted by Gasteiger charge is -2.10. The van der Waals surface area contributed by atoms with Crippen LogP contribution in [0, 0.1) is 6.92 Å². The fraction of sp³-hybridized carbons (Fsp3) is 0.467. The highest BCUT2D eigenvalue weighted by atomic mass is 32.2. The van der Waals surface area contributed by atoms with Gasteiger partial charge in [-0.2, -0.15) is 0 Å². The van der Waals surface area contributed by atoms with Crippen molar-refractivity contribution in [1.82, 2.24) is 14.8 Å². The molecule has 0 fully saturated rings. The molecule has 0 amide bonds. The lowest BCUT2D eigenvalue weighted by Crippen LogP contribution is -2.16. The number of ether oxygens (including phenoxy) is 1. The lowest BCUT2D eigenvalue weighted by atomic mass is 10.1. The van der Waals surface area contributed by atoms with Gasteiger partial charge in [0.15, 0.2) is 5.16 Å². The third-order valence-corrected chi connectivity index (χ3v) is 4.75.